The quantitative estimate of drug-likeness (QED) is 0.497. The van der Waals surface area contributed by atoms with Crippen LogP contribution in [-0.2, 0) is 9.53 Å². The zero-order chi connectivity index (χ0) is 18.8. The molecule has 138 valence electrons. The van der Waals surface area contributed by atoms with Gasteiger partial charge in [-0.2, -0.15) is 0 Å². The zero-order valence-corrected chi connectivity index (χ0v) is 17.7. The average Bonchev–Trinajstić information content (AvgIpc) is 2.46. The first-order chi connectivity index (χ1) is 11.6. The third-order valence-electron chi connectivity index (χ3n) is 4.02. The number of carbonyl (C=O) groups is 2. The van der Waals surface area contributed by atoms with Crippen molar-refractivity contribution in [3.8, 4) is 0 Å². The Balaban J connectivity index is 2.11. The predicted octanol–water partition coefficient (Wildman–Crippen LogP) is 4.37. The molecule has 0 aliphatic carbocycles. The number of rotatable bonds is 6. The van der Waals surface area contributed by atoms with Crippen LogP contribution < -0.4 is 4.90 Å². The minimum absolute atomic E-state index is 0.0875. The Kier molecular flexibility index (Phi) is 6.39. The van der Waals surface area contributed by atoms with E-state index in [9.17, 15) is 14.0 Å². The van der Waals surface area contributed by atoms with E-state index in [4.69, 9.17) is 4.74 Å². The summed E-state index contributed by atoms with van der Waals surface area (Å²) >= 11 is 3.24. The number of halogens is 2. The number of carbonyl (C=O) groups excluding carboxylic acids is 2. The Morgan fingerprint density at radius 2 is 1.96 bits per heavy atom. The maximum absolute atomic E-state index is 14.4. The third kappa shape index (κ3) is 5.12. The Hall–Kier alpha value is -1.25. The van der Waals surface area contributed by atoms with E-state index in [1.54, 1.807) is 13.0 Å². The standard InChI is InChI=1S/C17H24BrFN2O3Si/c1-12-9-13(18)10-14(19)16(12)20-6-5-15(22)21(17(20)23)11-24-7-8-25(2,3)4/h9-10H,5-8,11H2,1-4H3. The molecule has 8 heteroatoms. The number of aryl methyl sites for hydroxylation is 1. The van der Waals surface area contributed by atoms with E-state index in [2.05, 4.69) is 35.6 Å². The molecule has 0 atom stereocenters. The van der Waals surface area contributed by atoms with Crippen molar-refractivity contribution in [1.29, 1.82) is 0 Å². The van der Waals surface area contributed by atoms with E-state index in [0.717, 1.165) is 10.9 Å². The van der Waals surface area contributed by atoms with Crippen molar-refractivity contribution in [3.05, 3.63) is 28.0 Å². The molecule has 1 heterocycles. The molecule has 1 aliphatic heterocycles. The van der Waals surface area contributed by atoms with Gasteiger partial charge in [0.05, 0.1) is 5.69 Å². The highest BCUT2D eigenvalue weighted by Crippen LogP contribution is 2.30. The van der Waals surface area contributed by atoms with Crippen molar-refractivity contribution in [1.82, 2.24) is 4.90 Å². The molecular weight excluding hydrogens is 407 g/mol. The normalized spacial score (nSPS) is 15.9. The fourth-order valence-electron chi connectivity index (χ4n) is 2.60. The van der Waals surface area contributed by atoms with Crippen LogP contribution in [0.1, 0.15) is 12.0 Å². The lowest BCUT2D eigenvalue weighted by molar-refractivity contribution is -0.133. The van der Waals surface area contributed by atoms with Gasteiger partial charge >= 0.3 is 6.03 Å². The van der Waals surface area contributed by atoms with Crippen molar-refractivity contribution in [3.63, 3.8) is 0 Å². The number of imide groups is 1. The molecule has 1 saturated heterocycles. The van der Waals surface area contributed by atoms with Gasteiger partial charge in [-0.05, 0) is 30.7 Å². The number of amides is 3. The van der Waals surface area contributed by atoms with Gasteiger partial charge in [0.2, 0.25) is 5.91 Å². The van der Waals surface area contributed by atoms with Crippen molar-refractivity contribution in [2.45, 2.75) is 39.0 Å². The van der Waals surface area contributed by atoms with E-state index in [1.165, 1.54) is 11.0 Å². The largest absolute Gasteiger partial charge is 0.361 e. The first kappa shape index (κ1) is 20.1. The molecule has 0 spiro atoms. The van der Waals surface area contributed by atoms with Crippen LogP contribution in [0.15, 0.2) is 16.6 Å². The molecule has 0 saturated carbocycles. The van der Waals surface area contributed by atoms with Crippen molar-refractivity contribution in [2.24, 2.45) is 0 Å². The molecule has 0 aromatic heterocycles. The highest BCUT2D eigenvalue weighted by Gasteiger charge is 2.35. The molecule has 0 unspecified atom stereocenters. The fraction of sp³-hybridized carbons (Fsp3) is 0.529. The summed E-state index contributed by atoms with van der Waals surface area (Å²) in [5.74, 6) is -0.779. The second-order valence-corrected chi connectivity index (χ2v) is 13.9. The summed E-state index contributed by atoms with van der Waals surface area (Å²) in [7, 11) is -1.24. The van der Waals surface area contributed by atoms with E-state index in [-0.39, 0.29) is 31.3 Å². The molecule has 2 rings (SSSR count). The summed E-state index contributed by atoms with van der Waals surface area (Å²) in [5.41, 5.74) is 0.849. The molecule has 0 bridgehead atoms. The number of hydrogen-bond acceptors (Lipinski definition) is 3. The van der Waals surface area contributed by atoms with Crippen molar-refractivity contribution < 1.29 is 18.7 Å². The van der Waals surface area contributed by atoms with Crippen molar-refractivity contribution in [2.75, 3.05) is 24.8 Å². The van der Waals surface area contributed by atoms with Gasteiger partial charge in [-0.3, -0.25) is 9.69 Å². The SMILES string of the molecule is Cc1cc(Br)cc(F)c1N1CCC(=O)N(COCC[Si](C)(C)C)C1=O. The van der Waals surface area contributed by atoms with Crippen LogP contribution in [0.25, 0.3) is 0 Å². The Labute approximate surface area is 157 Å². The van der Waals surface area contributed by atoms with Gasteiger partial charge in [0, 0.05) is 32.1 Å². The van der Waals surface area contributed by atoms with E-state index in [0.29, 0.717) is 16.6 Å². The number of benzene rings is 1. The zero-order valence-electron chi connectivity index (χ0n) is 15.1. The molecule has 25 heavy (non-hydrogen) atoms. The predicted molar refractivity (Wildman–Crippen MR) is 102 cm³/mol. The van der Waals surface area contributed by atoms with Gasteiger partial charge in [-0.25, -0.2) is 14.1 Å². The second-order valence-electron chi connectivity index (χ2n) is 7.41. The molecule has 0 radical (unpaired) electrons. The average molecular weight is 431 g/mol. The lowest BCUT2D eigenvalue weighted by atomic mass is 10.1. The fourth-order valence-corrected chi connectivity index (χ4v) is 3.90. The number of urea groups is 1. The first-order valence-corrected chi connectivity index (χ1v) is 12.8. The molecule has 0 N–H and O–H groups in total. The Morgan fingerprint density at radius 3 is 2.56 bits per heavy atom. The van der Waals surface area contributed by atoms with E-state index >= 15 is 0 Å². The van der Waals surface area contributed by atoms with Crippen LogP contribution in [0.2, 0.25) is 25.7 Å². The lowest BCUT2D eigenvalue weighted by Crippen LogP contribution is -2.53. The highest BCUT2D eigenvalue weighted by molar-refractivity contribution is 9.10. The number of ether oxygens (including phenoxy) is 1. The van der Waals surface area contributed by atoms with Gasteiger partial charge in [0.1, 0.15) is 12.5 Å². The van der Waals surface area contributed by atoms with Crippen LogP contribution in [0, 0.1) is 12.7 Å². The van der Waals surface area contributed by atoms with Crippen LogP contribution in [0.4, 0.5) is 14.9 Å². The minimum Gasteiger partial charge on any atom is -0.361 e. The second kappa shape index (κ2) is 7.97. The maximum atomic E-state index is 14.4. The van der Waals surface area contributed by atoms with Gasteiger partial charge in [-0.1, -0.05) is 35.6 Å². The van der Waals surface area contributed by atoms with Crippen LogP contribution in [-0.4, -0.2) is 44.8 Å². The summed E-state index contributed by atoms with van der Waals surface area (Å²) < 4.78 is 20.5. The molecule has 3 amide bonds. The van der Waals surface area contributed by atoms with Gasteiger partial charge in [-0.15, -0.1) is 0 Å². The first-order valence-electron chi connectivity index (χ1n) is 8.25. The van der Waals surface area contributed by atoms with Gasteiger partial charge in [0.25, 0.3) is 0 Å². The van der Waals surface area contributed by atoms with E-state index in [1.807, 2.05) is 0 Å². The summed E-state index contributed by atoms with van der Waals surface area (Å²) in [5, 5.41) is 0. The summed E-state index contributed by atoms with van der Waals surface area (Å²) in [4.78, 5) is 27.2. The molecule has 1 aromatic rings. The monoisotopic (exact) mass is 430 g/mol. The molecule has 1 aliphatic rings. The van der Waals surface area contributed by atoms with Crippen LogP contribution in [0.5, 0.6) is 0 Å². The maximum Gasteiger partial charge on any atom is 0.333 e. The topological polar surface area (TPSA) is 49.9 Å². The summed E-state index contributed by atoms with van der Waals surface area (Å²) in [6.45, 7) is 9.02. The summed E-state index contributed by atoms with van der Waals surface area (Å²) in [6.07, 6.45) is 0.151. The number of nitrogens with zero attached hydrogens (tertiary/aromatic N) is 2. The molecule has 1 fully saturated rings. The van der Waals surface area contributed by atoms with E-state index < -0.39 is 19.9 Å². The van der Waals surface area contributed by atoms with Gasteiger partial charge < -0.3 is 4.74 Å². The van der Waals surface area contributed by atoms with Crippen LogP contribution >= 0.6 is 15.9 Å². The highest BCUT2D eigenvalue weighted by atomic mass is 79.9. The number of hydrogen-bond donors (Lipinski definition) is 0. The van der Waals surface area contributed by atoms with Crippen LogP contribution in [0.3, 0.4) is 0 Å². The van der Waals surface area contributed by atoms with Crippen molar-refractivity contribution >= 4 is 41.6 Å². The minimum atomic E-state index is -1.24. The Bertz CT molecular complexity index is 655. The number of anilines is 1. The smallest absolute Gasteiger partial charge is 0.333 e. The molecule has 1 aromatic carbocycles. The molecule has 5 nitrogen and oxygen atoms in total. The molecular formula is C17H24BrFN2O3Si. The third-order valence-corrected chi connectivity index (χ3v) is 6.18. The Morgan fingerprint density at radius 1 is 1.28 bits per heavy atom. The van der Waals surface area contributed by atoms with Gasteiger partial charge in [0.15, 0.2) is 0 Å². The summed E-state index contributed by atoms with van der Waals surface area (Å²) in [6, 6.07) is 3.49. The lowest BCUT2D eigenvalue weighted by Gasteiger charge is -2.35.